The number of carbonyl (C=O) groups excluding carboxylic acids is 1. The molecule has 1 aromatic heterocycles. The number of hydrogen-bond acceptors (Lipinski definition) is 4. The van der Waals surface area contributed by atoms with Gasteiger partial charge in [-0.25, -0.2) is 0 Å². The summed E-state index contributed by atoms with van der Waals surface area (Å²) in [6.45, 7) is 4.19. The van der Waals surface area contributed by atoms with E-state index in [0.29, 0.717) is 23.9 Å². The normalized spacial score (nSPS) is 24.3. The third-order valence-corrected chi connectivity index (χ3v) is 3.98. The molecule has 1 aromatic rings. The van der Waals surface area contributed by atoms with Crippen molar-refractivity contribution >= 4 is 5.91 Å². The minimum absolute atomic E-state index is 0.0741. The van der Waals surface area contributed by atoms with Gasteiger partial charge < -0.3 is 15.1 Å². The largest absolute Gasteiger partial charge is 0.467 e. The standard InChI is InChI=1S/C13H19N3O2/c14-7-12-6-10(9-18-12)13(17)16-5-4-15-3-1-2-11(15)8-16/h6,9,11H,1-5,7-8,14H2. The van der Waals surface area contributed by atoms with E-state index in [9.17, 15) is 4.79 Å². The fraction of sp³-hybridized carbons (Fsp3) is 0.615. The zero-order valence-electron chi connectivity index (χ0n) is 10.5. The maximum Gasteiger partial charge on any atom is 0.257 e. The van der Waals surface area contributed by atoms with Gasteiger partial charge in [0, 0.05) is 25.7 Å². The number of carbonyl (C=O) groups is 1. The van der Waals surface area contributed by atoms with Gasteiger partial charge in [-0.3, -0.25) is 9.69 Å². The Kier molecular flexibility index (Phi) is 3.09. The van der Waals surface area contributed by atoms with E-state index < -0.39 is 0 Å². The highest BCUT2D eigenvalue weighted by molar-refractivity contribution is 5.94. The fourth-order valence-electron chi connectivity index (χ4n) is 2.96. The molecule has 0 saturated carbocycles. The molecule has 1 atom stereocenters. The van der Waals surface area contributed by atoms with Crippen LogP contribution in [0.1, 0.15) is 29.0 Å². The smallest absolute Gasteiger partial charge is 0.257 e. The van der Waals surface area contributed by atoms with E-state index >= 15 is 0 Å². The van der Waals surface area contributed by atoms with Crippen LogP contribution in [0.4, 0.5) is 0 Å². The Morgan fingerprint density at radius 1 is 1.44 bits per heavy atom. The first-order chi connectivity index (χ1) is 8.78. The second-order valence-corrected chi connectivity index (χ2v) is 5.09. The van der Waals surface area contributed by atoms with Gasteiger partial charge >= 0.3 is 0 Å². The number of piperazine rings is 1. The van der Waals surface area contributed by atoms with Crippen molar-refractivity contribution in [2.45, 2.75) is 25.4 Å². The molecule has 0 aliphatic carbocycles. The molecule has 98 valence electrons. The van der Waals surface area contributed by atoms with Crippen molar-refractivity contribution in [1.82, 2.24) is 9.80 Å². The predicted octanol–water partition coefficient (Wildman–Crippen LogP) is 0.659. The molecule has 1 unspecified atom stereocenters. The van der Waals surface area contributed by atoms with E-state index in [2.05, 4.69) is 4.90 Å². The van der Waals surface area contributed by atoms with E-state index in [1.54, 1.807) is 6.07 Å². The summed E-state index contributed by atoms with van der Waals surface area (Å²) < 4.78 is 5.23. The van der Waals surface area contributed by atoms with E-state index in [0.717, 1.165) is 19.6 Å². The number of nitrogens with zero attached hydrogens (tertiary/aromatic N) is 2. The SMILES string of the molecule is NCc1cc(C(=O)N2CCN3CCCC3C2)co1. The van der Waals surface area contributed by atoms with Crippen LogP contribution >= 0.6 is 0 Å². The molecule has 0 radical (unpaired) electrons. The fourth-order valence-corrected chi connectivity index (χ4v) is 2.96. The summed E-state index contributed by atoms with van der Waals surface area (Å²) in [6, 6.07) is 2.31. The zero-order chi connectivity index (χ0) is 12.5. The molecule has 2 saturated heterocycles. The summed E-state index contributed by atoms with van der Waals surface area (Å²) in [4.78, 5) is 16.8. The van der Waals surface area contributed by atoms with Crippen LogP contribution in [-0.4, -0.2) is 47.9 Å². The molecule has 0 bridgehead atoms. The average Bonchev–Trinajstić information content (AvgIpc) is 3.05. The molecule has 2 N–H and O–H groups in total. The number of hydrogen-bond donors (Lipinski definition) is 1. The van der Waals surface area contributed by atoms with Crippen LogP contribution in [0.2, 0.25) is 0 Å². The predicted molar refractivity (Wildman–Crippen MR) is 67.1 cm³/mol. The molecule has 1 amide bonds. The van der Waals surface area contributed by atoms with Gasteiger partial charge in [0.05, 0.1) is 12.1 Å². The molecule has 0 spiro atoms. The van der Waals surface area contributed by atoms with E-state index in [4.69, 9.17) is 10.2 Å². The van der Waals surface area contributed by atoms with Gasteiger partial charge in [-0.1, -0.05) is 0 Å². The lowest BCUT2D eigenvalue weighted by Crippen LogP contribution is -2.51. The number of amides is 1. The first-order valence-corrected chi connectivity index (χ1v) is 6.58. The number of nitrogens with two attached hydrogens (primary N) is 1. The molecule has 5 nitrogen and oxygen atoms in total. The Morgan fingerprint density at radius 3 is 3.11 bits per heavy atom. The maximum atomic E-state index is 12.3. The van der Waals surface area contributed by atoms with Crippen molar-refractivity contribution in [1.29, 1.82) is 0 Å². The summed E-state index contributed by atoms with van der Waals surface area (Å²) in [5, 5.41) is 0. The molecule has 3 rings (SSSR count). The Hall–Kier alpha value is -1.33. The quantitative estimate of drug-likeness (QED) is 0.836. The third-order valence-electron chi connectivity index (χ3n) is 3.98. The molecule has 2 aliphatic heterocycles. The van der Waals surface area contributed by atoms with Crippen LogP contribution in [0.15, 0.2) is 16.7 Å². The Bertz CT molecular complexity index is 443. The van der Waals surface area contributed by atoms with Gasteiger partial charge in [0.15, 0.2) is 0 Å². The Labute approximate surface area is 107 Å². The van der Waals surface area contributed by atoms with Crippen molar-refractivity contribution in [3.8, 4) is 0 Å². The van der Waals surface area contributed by atoms with Crippen LogP contribution in [0.3, 0.4) is 0 Å². The average molecular weight is 249 g/mol. The molecule has 5 heteroatoms. The topological polar surface area (TPSA) is 62.7 Å². The van der Waals surface area contributed by atoms with Crippen molar-refractivity contribution in [3.63, 3.8) is 0 Å². The minimum Gasteiger partial charge on any atom is -0.467 e. The van der Waals surface area contributed by atoms with Crippen LogP contribution in [0.5, 0.6) is 0 Å². The van der Waals surface area contributed by atoms with E-state index in [1.165, 1.54) is 25.6 Å². The van der Waals surface area contributed by atoms with E-state index in [1.807, 2.05) is 4.90 Å². The number of rotatable bonds is 2. The Morgan fingerprint density at radius 2 is 2.33 bits per heavy atom. The molecule has 3 heterocycles. The lowest BCUT2D eigenvalue weighted by molar-refractivity contribution is 0.0570. The third kappa shape index (κ3) is 2.04. The Balaban J connectivity index is 1.69. The van der Waals surface area contributed by atoms with Crippen molar-refractivity contribution in [3.05, 3.63) is 23.7 Å². The molecule has 18 heavy (non-hydrogen) atoms. The monoisotopic (exact) mass is 249 g/mol. The van der Waals surface area contributed by atoms with Gasteiger partial charge in [0.25, 0.3) is 5.91 Å². The van der Waals surface area contributed by atoms with Gasteiger partial charge in [0.1, 0.15) is 12.0 Å². The van der Waals surface area contributed by atoms with Crippen LogP contribution in [0.25, 0.3) is 0 Å². The molecule has 2 fully saturated rings. The lowest BCUT2D eigenvalue weighted by Gasteiger charge is -2.37. The first-order valence-electron chi connectivity index (χ1n) is 6.58. The van der Waals surface area contributed by atoms with Gasteiger partial charge in [-0.15, -0.1) is 0 Å². The van der Waals surface area contributed by atoms with Crippen LogP contribution < -0.4 is 5.73 Å². The number of furan rings is 1. The summed E-state index contributed by atoms with van der Waals surface area (Å²) >= 11 is 0. The van der Waals surface area contributed by atoms with E-state index in [-0.39, 0.29) is 5.91 Å². The molecule has 0 aromatic carbocycles. The van der Waals surface area contributed by atoms with Crippen LogP contribution in [0, 0.1) is 0 Å². The first kappa shape index (κ1) is 11.7. The molecular weight excluding hydrogens is 230 g/mol. The minimum atomic E-state index is 0.0741. The highest BCUT2D eigenvalue weighted by Gasteiger charge is 2.33. The lowest BCUT2D eigenvalue weighted by atomic mass is 10.1. The summed E-state index contributed by atoms with van der Waals surface area (Å²) in [5.74, 6) is 0.739. The molecule has 2 aliphatic rings. The maximum absolute atomic E-state index is 12.3. The highest BCUT2D eigenvalue weighted by atomic mass is 16.3. The second kappa shape index (κ2) is 4.74. The van der Waals surface area contributed by atoms with Gasteiger partial charge in [0.2, 0.25) is 0 Å². The van der Waals surface area contributed by atoms with Gasteiger partial charge in [-0.2, -0.15) is 0 Å². The van der Waals surface area contributed by atoms with Crippen molar-refractivity contribution in [2.75, 3.05) is 26.2 Å². The van der Waals surface area contributed by atoms with Crippen LogP contribution in [-0.2, 0) is 6.54 Å². The van der Waals surface area contributed by atoms with Gasteiger partial charge in [-0.05, 0) is 25.5 Å². The summed E-state index contributed by atoms with van der Waals surface area (Å²) in [6.07, 6.45) is 3.99. The molecular formula is C13H19N3O2. The highest BCUT2D eigenvalue weighted by Crippen LogP contribution is 2.22. The second-order valence-electron chi connectivity index (χ2n) is 5.09. The zero-order valence-corrected chi connectivity index (χ0v) is 10.5. The number of fused-ring (bicyclic) bond motifs is 1. The summed E-state index contributed by atoms with van der Waals surface area (Å²) in [7, 11) is 0. The van der Waals surface area contributed by atoms with Crippen molar-refractivity contribution < 1.29 is 9.21 Å². The van der Waals surface area contributed by atoms with Crippen molar-refractivity contribution in [2.24, 2.45) is 5.73 Å². The summed E-state index contributed by atoms with van der Waals surface area (Å²) in [5.41, 5.74) is 6.11.